The molecule has 184 valence electrons. The summed E-state index contributed by atoms with van der Waals surface area (Å²) in [6, 6.07) is 21.0. The van der Waals surface area contributed by atoms with E-state index in [1.54, 1.807) is 53.8 Å². The fraction of sp³-hybridized carbons (Fsp3) is 0.172. The number of aromatic nitrogens is 4. The fourth-order valence-electron chi connectivity index (χ4n) is 5.16. The van der Waals surface area contributed by atoms with Crippen molar-refractivity contribution in [3.05, 3.63) is 100 Å². The van der Waals surface area contributed by atoms with Crippen molar-refractivity contribution in [3.63, 3.8) is 0 Å². The van der Waals surface area contributed by atoms with Crippen molar-refractivity contribution in [1.29, 1.82) is 0 Å². The second kappa shape index (κ2) is 8.44. The summed E-state index contributed by atoms with van der Waals surface area (Å²) in [6.45, 7) is 2.63. The summed E-state index contributed by atoms with van der Waals surface area (Å²) < 4.78 is 5.23. The lowest BCUT2D eigenvalue weighted by Gasteiger charge is -2.16. The van der Waals surface area contributed by atoms with Gasteiger partial charge in [0.05, 0.1) is 39.9 Å². The van der Waals surface area contributed by atoms with Crippen LogP contribution in [0.1, 0.15) is 26.3 Å². The summed E-state index contributed by atoms with van der Waals surface area (Å²) in [5.41, 5.74) is 7.07. The number of fused-ring (bicyclic) bond motifs is 2. The Kier molecular flexibility index (Phi) is 5.19. The van der Waals surface area contributed by atoms with Crippen LogP contribution in [-0.4, -0.2) is 41.9 Å². The fourth-order valence-corrected chi connectivity index (χ4v) is 5.16. The molecule has 0 N–H and O–H groups in total. The van der Waals surface area contributed by atoms with Crippen molar-refractivity contribution in [1.82, 2.24) is 23.6 Å². The van der Waals surface area contributed by atoms with Crippen LogP contribution in [0.2, 0.25) is 0 Å². The van der Waals surface area contributed by atoms with Crippen molar-refractivity contribution < 1.29 is 9.59 Å². The number of imide groups is 1. The lowest BCUT2D eigenvalue weighted by Crippen LogP contribution is -2.32. The molecule has 0 spiro atoms. The van der Waals surface area contributed by atoms with Crippen LogP contribution in [0.15, 0.2) is 77.9 Å². The Bertz CT molecular complexity index is 1750. The topological polar surface area (TPSA) is 82.1 Å². The molecular formula is C29H25N5O3. The first kappa shape index (κ1) is 22.7. The van der Waals surface area contributed by atoms with Crippen LogP contribution in [0.4, 0.5) is 0 Å². The highest BCUT2D eigenvalue weighted by molar-refractivity contribution is 6.21. The second-order valence-electron chi connectivity index (χ2n) is 9.42. The van der Waals surface area contributed by atoms with E-state index in [9.17, 15) is 14.4 Å². The SMILES string of the molecule is Cc1cccc(-c2ncn(CCN3C(=O)c4ccccc4C3=O)c2-c2ccc3c(c2)n(C)c(=O)n3C)c1. The molecule has 0 atom stereocenters. The van der Waals surface area contributed by atoms with Gasteiger partial charge in [-0.3, -0.25) is 23.6 Å². The summed E-state index contributed by atoms with van der Waals surface area (Å²) in [4.78, 5) is 44.4. The summed E-state index contributed by atoms with van der Waals surface area (Å²) in [7, 11) is 3.52. The van der Waals surface area contributed by atoms with E-state index in [-0.39, 0.29) is 24.0 Å². The maximum atomic E-state index is 12.9. The summed E-state index contributed by atoms with van der Waals surface area (Å²) in [5.74, 6) is -0.552. The Labute approximate surface area is 213 Å². The quantitative estimate of drug-likeness (QED) is 0.348. The number of nitrogens with zero attached hydrogens (tertiary/aromatic N) is 5. The molecule has 1 aliphatic heterocycles. The van der Waals surface area contributed by atoms with Gasteiger partial charge >= 0.3 is 5.69 Å². The molecule has 3 heterocycles. The molecular weight excluding hydrogens is 466 g/mol. The zero-order valence-corrected chi connectivity index (χ0v) is 20.8. The third-order valence-electron chi connectivity index (χ3n) is 7.12. The first-order valence-electron chi connectivity index (χ1n) is 12.1. The van der Waals surface area contributed by atoms with E-state index in [1.807, 2.05) is 47.9 Å². The minimum atomic E-state index is -0.276. The average molecular weight is 492 g/mol. The highest BCUT2D eigenvalue weighted by Gasteiger charge is 2.34. The van der Waals surface area contributed by atoms with Crippen LogP contribution in [0.5, 0.6) is 0 Å². The minimum absolute atomic E-state index is 0.0924. The molecule has 0 unspecified atom stereocenters. The third kappa shape index (κ3) is 3.52. The minimum Gasteiger partial charge on any atom is -0.328 e. The van der Waals surface area contributed by atoms with E-state index < -0.39 is 0 Å². The molecule has 0 aliphatic carbocycles. The largest absolute Gasteiger partial charge is 0.328 e. The van der Waals surface area contributed by atoms with Crippen molar-refractivity contribution in [2.45, 2.75) is 13.5 Å². The molecule has 3 aromatic carbocycles. The summed E-state index contributed by atoms with van der Waals surface area (Å²) in [6.07, 6.45) is 1.75. The molecule has 5 aromatic rings. The highest BCUT2D eigenvalue weighted by Crippen LogP contribution is 2.33. The number of hydrogen-bond donors (Lipinski definition) is 0. The Hall–Kier alpha value is -4.72. The summed E-state index contributed by atoms with van der Waals surface area (Å²) in [5, 5.41) is 0. The molecule has 8 nitrogen and oxygen atoms in total. The number of rotatable bonds is 5. The van der Waals surface area contributed by atoms with Crippen LogP contribution in [-0.2, 0) is 20.6 Å². The van der Waals surface area contributed by atoms with Gasteiger partial charge in [0, 0.05) is 38.3 Å². The van der Waals surface area contributed by atoms with Crippen molar-refractivity contribution in [3.8, 4) is 22.5 Å². The van der Waals surface area contributed by atoms with Crippen LogP contribution in [0, 0.1) is 6.92 Å². The van der Waals surface area contributed by atoms with E-state index in [1.165, 1.54) is 4.90 Å². The monoisotopic (exact) mass is 491 g/mol. The van der Waals surface area contributed by atoms with Crippen LogP contribution in [0.3, 0.4) is 0 Å². The van der Waals surface area contributed by atoms with E-state index >= 15 is 0 Å². The zero-order valence-electron chi connectivity index (χ0n) is 20.8. The molecule has 0 fully saturated rings. The second-order valence-corrected chi connectivity index (χ2v) is 9.42. The van der Waals surface area contributed by atoms with Gasteiger partial charge in [0.25, 0.3) is 11.8 Å². The van der Waals surface area contributed by atoms with Gasteiger partial charge in [-0.25, -0.2) is 9.78 Å². The number of hydrogen-bond acceptors (Lipinski definition) is 4. The van der Waals surface area contributed by atoms with Crippen LogP contribution >= 0.6 is 0 Å². The van der Waals surface area contributed by atoms with Gasteiger partial charge in [0.1, 0.15) is 0 Å². The normalized spacial score (nSPS) is 13.1. The third-order valence-corrected chi connectivity index (χ3v) is 7.12. The van der Waals surface area contributed by atoms with Gasteiger partial charge in [-0.2, -0.15) is 0 Å². The number of amides is 2. The maximum Gasteiger partial charge on any atom is 0.328 e. The van der Waals surface area contributed by atoms with Gasteiger partial charge < -0.3 is 4.57 Å². The number of benzene rings is 3. The number of carbonyl (C=O) groups is 2. The molecule has 0 radical (unpaired) electrons. The zero-order chi connectivity index (χ0) is 25.8. The van der Waals surface area contributed by atoms with Crippen LogP contribution < -0.4 is 5.69 Å². The molecule has 0 saturated carbocycles. The smallest absolute Gasteiger partial charge is 0.328 e. The first-order valence-corrected chi connectivity index (χ1v) is 12.1. The molecule has 2 amide bonds. The van der Waals surface area contributed by atoms with Crippen LogP contribution in [0.25, 0.3) is 33.5 Å². The average Bonchev–Trinajstić information content (AvgIpc) is 3.51. The molecule has 6 rings (SSSR count). The van der Waals surface area contributed by atoms with Gasteiger partial charge in [0.15, 0.2) is 0 Å². The maximum absolute atomic E-state index is 12.9. The molecule has 1 aliphatic rings. The lowest BCUT2D eigenvalue weighted by atomic mass is 10.0. The number of imidazole rings is 2. The Morgan fingerprint density at radius 1 is 0.730 bits per heavy atom. The molecule has 37 heavy (non-hydrogen) atoms. The standard InChI is InChI=1S/C29H25N5O3/c1-18-7-6-8-19(15-18)25-26(20-11-12-23-24(16-20)32(3)29(37)31(23)2)33(17-30-25)13-14-34-27(35)21-9-4-5-10-22(21)28(34)36/h4-12,15-17H,13-14H2,1-3H3. The van der Waals surface area contributed by atoms with Gasteiger partial charge in [-0.15, -0.1) is 0 Å². The van der Waals surface area contributed by atoms with Crippen molar-refractivity contribution >= 4 is 22.8 Å². The Morgan fingerprint density at radius 2 is 1.43 bits per heavy atom. The molecule has 2 aromatic heterocycles. The number of carbonyl (C=O) groups excluding carboxylic acids is 2. The number of aryl methyl sites for hydroxylation is 3. The van der Waals surface area contributed by atoms with Crippen molar-refractivity contribution in [2.24, 2.45) is 14.1 Å². The molecule has 8 heteroatoms. The van der Waals surface area contributed by atoms with Gasteiger partial charge in [-0.05, 0) is 37.3 Å². The van der Waals surface area contributed by atoms with Crippen molar-refractivity contribution in [2.75, 3.05) is 6.54 Å². The predicted molar refractivity (Wildman–Crippen MR) is 141 cm³/mol. The van der Waals surface area contributed by atoms with Gasteiger partial charge in [0.2, 0.25) is 0 Å². The van der Waals surface area contributed by atoms with E-state index in [0.29, 0.717) is 17.7 Å². The lowest BCUT2D eigenvalue weighted by molar-refractivity contribution is 0.0649. The molecule has 0 saturated heterocycles. The van der Waals surface area contributed by atoms with Gasteiger partial charge in [-0.1, -0.05) is 42.0 Å². The molecule has 0 bridgehead atoms. The predicted octanol–water partition coefficient (Wildman–Crippen LogP) is 4.01. The first-order chi connectivity index (χ1) is 17.8. The summed E-state index contributed by atoms with van der Waals surface area (Å²) >= 11 is 0. The Balaban J connectivity index is 1.43. The Morgan fingerprint density at radius 3 is 2.14 bits per heavy atom. The van der Waals surface area contributed by atoms with E-state index in [0.717, 1.165) is 39.1 Å². The van der Waals surface area contributed by atoms with E-state index in [4.69, 9.17) is 4.98 Å². The highest BCUT2D eigenvalue weighted by atomic mass is 16.2. The van der Waals surface area contributed by atoms with E-state index in [2.05, 4.69) is 6.07 Å².